The molecule has 100 valence electrons. The zero-order chi connectivity index (χ0) is 14.3. The highest BCUT2D eigenvalue weighted by molar-refractivity contribution is 5.96. The molecule has 1 aromatic carbocycles. The molecule has 0 saturated heterocycles. The van der Waals surface area contributed by atoms with Crippen LogP contribution >= 0.6 is 0 Å². The van der Waals surface area contributed by atoms with Gasteiger partial charge in [-0.05, 0) is 30.7 Å². The number of allylic oxidation sites excluding steroid dienone is 1. The average Bonchev–Trinajstić information content (AvgIpc) is 2.35. The van der Waals surface area contributed by atoms with Crippen molar-refractivity contribution in [3.8, 4) is 5.75 Å². The molecular weight excluding hydrogens is 244 g/mol. The number of benzene rings is 1. The van der Waals surface area contributed by atoms with E-state index in [9.17, 15) is 9.59 Å². The lowest BCUT2D eigenvalue weighted by Gasteiger charge is -2.00. The van der Waals surface area contributed by atoms with Crippen LogP contribution in [0.5, 0.6) is 5.75 Å². The van der Waals surface area contributed by atoms with Gasteiger partial charge in [-0.1, -0.05) is 18.2 Å². The van der Waals surface area contributed by atoms with Crippen molar-refractivity contribution in [2.24, 2.45) is 5.10 Å². The van der Waals surface area contributed by atoms with E-state index in [0.29, 0.717) is 11.5 Å². The Hall–Kier alpha value is -2.43. The quantitative estimate of drug-likeness (QED) is 0.390. The van der Waals surface area contributed by atoms with E-state index in [2.05, 4.69) is 10.5 Å². The molecular formula is C14H16N2O3. The molecule has 0 aliphatic heterocycles. The summed E-state index contributed by atoms with van der Waals surface area (Å²) in [7, 11) is 0. The van der Waals surface area contributed by atoms with Crippen LogP contribution in [0.15, 0.2) is 35.4 Å². The first-order valence-electron chi connectivity index (χ1n) is 5.75. The molecule has 0 radical (unpaired) electrons. The highest BCUT2D eigenvalue weighted by atomic mass is 16.5. The fourth-order valence-corrected chi connectivity index (χ4v) is 1.23. The van der Waals surface area contributed by atoms with Gasteiger partial charge in [-0.3, -0.25) is 9.59 Å². The van der Waals surface area contributed by atoms with E-state index in [1.165, 1.54) is 13.8 Å². The normalized spacial score (nSPS) is 11.4. The van der Waals surface area contributed by atoms with Crippen molar-refractivity contribution < 1.29 is 14.3 Å². The minimum atomic E-state index is -0.346. The Labute approximate surface area is 112 Å². The van der Waals surface area contributed by atoms with Crippen LogP contribution in [0.3, 0.4) is 0 Å². The number of nitrogens with zero attached hydrogens (tertiary/aromatic N) is 1. The van der Waals surface area contributed by atoms with Gasteiger partial charge < -0.3 is 4.74 Å². The van der Waals surface area contributed by atoms with Crippen LogP contribution in [0.1, 0.15) is 26.3 Å². The summed E-state index contributed by atoms with van der Waals surface area (Å²) >= 11 is 0. The molecule has 0 saturated carbocycles. The molecule has 1 N–H and O–H groups in total. The van der Waals surface area contributed by atoms with E-state index >= 15 is 0 Å². The fourth-order valence-electron chi connectivity index (χ4n) is 1.23. The molecule has 0 aliphatic rings. The van der Waals surface area contributed by atoms with E-state index < -0.39 is 0 Å². The summed E-state index contributed by atoms with van der Waals surface area (Å²) < 4.78 is 4.93. The second kappa shape index (κ2) is 7.10. The number of nitrogens with one attached hydrogen (secondary N) is 1. The number of carbonyl (C=O) groups is 2. The summed E-state index contributed by atoms with van der Waals surface area (Å²) in [5, 5.41) is 3.86. The van der Waals surface area contributed by atoms with Crippen molar-refractivity contribution in [3.63, 3.8) is 0 Å². The largest absolute Gasteiger partial charge is 0.427 e. The molecule has 0 heterocycles. The van der Waals surface area contributed by atoms with Crippen LogP contribution in [-0.2, 0) is 9.59 Å². The average molecular weight is 260 g/mol. The van der Waals surface area contributed by atoms with E-state index in [0.717, 1.165) is 5.56 Å². The Morgan fingerprint density at radius 3 is 2.32 bits per heavy atom. The monoisotopic (exact) mass is 260 g/mol. The van der Waals surface area contributed by atoms with Crippen LogP contribution in [0.2, 0.25) is 0 Å². The summed E-state index contributed by atoms with van der Waals surface area (Å²) in [5.41, 5.74) is 3.97. The zero-order valence-electron chi connectivity index (χ0n) is 11.1. The lowest BCUT2D eigenvalue weighted by Crippen LogP contribution is -2.13. The van der Waals surface area contributed by atoms with E-state index in [1.54, 1.807) is 25.1 Å². The number of ether oxygens (including phenoxy) is 1. The van der Waals surface area contributed by atoms with Crippen LogP contribution in [-0.4, -0.2) is 17.6 Å². The molecule has 1 rings (SSSR count). The third-order valence-electron chi connectivity index (χ3n) is 2.05. The number of carbonyl (C=O) groups excluding carboxylic acids is 2. The molecule has 0 unspecified atom stereocenters. The van der Waals surface area contributed by atoms with Crippen molar-refractivity contribution in [1.82, 2.24) is 5.43 Å². The topological polar surface area (TPSA) is 67.8 Å². The number of esters is 1. The maximum atomic E-state index is 10.8. The van der Waals surface area contributed by atoms with Gasteiger partial charge in [0.15, 0.2) is 0 Å². The molecule has 0 spiro atoms. The van der Waals surface area contributed by atoms with Crippen LogP contribution in [0, 0.1) is 0 Å². The molecule has 1 aromatic rings. The van der Waals surface area contributed by atoms with Gasteiger partial charge in [0.2, 0.25) is 5.91 Å². The standard InChI is InChI=1S/C14H16N2O3/c1-10(15-16-11(2)17)4-5-13-6-8-14(9-7-13)19-12(3)18/h4-9H,1-3H3,(H,16,17). The van der Waals surface area contributed by atoms with Crippen LogP contribution in [0.4, 0.5) is 0 Å². The second-order valence-electron chi connectivity index (χ2n) is 3.92. The van der Waals surface area contributed by atoms with Gasteiger partial charge in [-0.15, -0.1) is 0 Å². The summed E-state index contributed by atoms with van der Waals surface area (Å²) in [5.74, 6) is -0.0478. The molecule has 0 atom stereocenters. The number of amides is 1. The predicted molar refractivity (Wildman–Crippen MR) is 73.7 cm³/mol. The Bertz CT molecular complexity index is 516. The number of hydrogen-bond donors (Lipinski definition) is 1. The number of rotatable bonds is 4. The summed E-state index contributed by atoms with van der Waals surface area (Å²) in [6.07, 6.45) is 3.62. The Kier molecular flexibility index (Phi) is 5.47. The van der Waals surface area contributed by atoms with Gasteiger partial charge in [-0.25, -0.2) is 5.43 Å². The zero-order valence-corrected chi connectivity index (χ0v) is 11.1. The van der Waals surface area contributed by atoms with Gasteiger partial charge >= 0.3 is 5.97 Å². The highest BCUT2D eigenvalue weighted by Gasteiger charge is 1.96. The van der Waals surface area contributed by atoms with E-state index in [4.69, 9.17) is 4.74 Å². The first-order valence-corrected chi connectivity index (χ1v) is 5.75. The first-order chi connectivity index (χ1) is 8.97. The van der Waals surface area contributed by atoms with Crippen LogP contribution < -0.4 is 10.2 Å². The predicted octanol–water partition coefficient (Wildman–Crippen LogP) is 2.14. The summed E-state index contributed by atoms with van der Waals surface area (Å²) in [6.45, 7) is 4.53. The second-order valence-corrected chi connectivity index (χ2v) is 3.92. The Morgan fingerprint density at radius 2 is 1.79 bits per heavy atom. The van der Waals surface area contributed by atoms with Gasteiger partial charge in [0.1, 0.15) is 5.75 Å². The Balaban J connectivity index is 2.64. The maximum absolute atomic E-state index is 10.8. The molecule has 0 aromatic heterocycles. The Morgan fingerprint density at radius 1 is 1.16 bits per heavy atom. The number of hydrazone groups is 1. The molecule has 19 heavy (non-hydrogen) atoms. The summed E-state index contributed by atoms with van der Waals surface area (Å²) in [6, 6.07) is 7.06. The first kappa shape index (κ1) is 14.6. The third kappa shape index (κ3) is 6.16. The molecule has 5 nitrogen and oxygen atoms in total. The lowest BCUT2D eigenvalue weighted by molar-refractivity contribution is -0.131. The minimum absolute atomic E-state index is 0.210. The fraction of sp³-hybridized carbons (Fsp3) is 0.214. The molecule has 0 fully saturated rings. The molecule has 0 bridgehead atoms. The van der Waals surface area contributed by atoms with Gasteiger partial charge in [0, 0.05) is 13.8 Å². The lowest BCUT2D eigenvalue weighted by atomic mass is 10.2. The molecule has 0 aliphatic carbocycles. The van der Waals surface area contributed by atoms with Crippen molar-refractivity contribution in [1.29, 1.82) is 0 Å². The highest BCUT2D eigenvalue weighted by Crippen LogP contribution is 2.13. The summed E-state index contributed by atoms with van der Waals surface area (Å²) in [4.78, 5) is 21.4. The maximum Gasteiger partial charge on any atom is 0.308 e. The third-order valence-corrected chi connectivity index (χ3v) is 2.05. The van der Waals surface area contributed by atoms with Gasteiger partial charge in [0.25, 0.3) is 0 Å². The molecule has 1 amide bonds. The van der Waals surface area contributed by atoms with Crippen molar-refractivity contribution in [2.75, 3.05) is 0 Å². The van der Waals surface area contributed by atoms with Crippen molar-refractivity contribution >= 4 is 23.7 Å². The van der Waals surface area contributed by atoms with Gasteiger partial charge in [0.05, 0.1) is 5.71 Å². The SMILES string of the molecule is CC(=O)NN=C(C)C=Cc1ccc(OC(C)=O)cc1. The van der Waals surface area contributed by atoms with E-state index in [1.807, 2.05) is 18.2 Å². The van der Waals surface area contributed by atoms with Crippen molar-refractivity contribution in [3.05, 3.63) is 35.9 Å². The van der Waals surface area contributed by atoms with Crippen LogP contribution in [0.25, 0.3) is 6.08 Å². The van der Waals surface area contributed by atoms with Crippen molar-refractivity contribution in [2.45, 2.75) is 20.8 Å². The minimum Gasteiger partial charge on any atom is -0.427 e. The number of hydrogen-bond acceptors (Lipinski definition) is 4. The van der Waals surface area contributed by atoms with E-state index in [-0.39, 0.29) is 11.9 Å². The van der Waals surface area contributed by atoms with Gasteiger partial charge in [-0.2, -0.15) is 5.10 Å². The smallest absolute Gasteiger partial charge is 0.308 e. The molecule has 5 heteroatoms.